The fourth-order valence-electron chi connectivity index (χ4n) is 4.16. The van der Waals surface area contributed by atoms with Gasteiger partial charge in [-0.2, -0.15) is 0 Å². The molecule has 0 fully saturated rings. The molecule has 220 valence electrons. The first kappa shape index (κ1) is 32.0. The summed E-state index contributed by atoms with van der Waals surface area (Å²) in [5.74, 6) is -0.156. The summed E-state index contributed by atoms with van der Waals surface area (Å²) in [5, 5.41) is 2.83. The van der Waals surface area contributed by atoms with Gasteiger partial charge in [-0.1, -0.05) is 52.7 Å². The average molecular weight is 647 g/mol. The Bertz CT molecular complexity index is 1460. The lowest BCUT2D eigenvalue weighted by molar-refractivity contribution is -0.139. The van der Waals surface area contributed by atoms with Gasteiger partial charge in [0.1, 0.15) is 12.6 Å². The highest BCUT2D eigenvalue weighted by Gasteiger charge is 2.33. The maximum atomic E-state index is 14.0. The number of carbonyl (C=O) groups is 2. The summed E-state index contributed by atoms with van der Waals surface area (Å²) in [6.45, 7) is 5.44. The summed E-state index contributed by atoms with van der Waals surface area (Å²) in [6.07, 6.45) is 0.736. The molecule has 0 spiro atoms. The first-order valence-corrected chi connectivity index (χ1v) is 15.4. The molecule has 0 saturated heterocycles. The summed E-state index contributed by atoms with van der Waals surface area (Å²) in [6, 6.07) is 17.6. The van der Waals surface area contributed by atoms with Crippen LogP contribution in [0.15, 0.2) is 76.1 Å². The van der Waals surface area contributed by atoms with Gasteiger partial charge in [0.25, 0.3) is 10.0 Å². The first-order chi connectivity index (χ1) is 19.5. The number of aryl methyl sites for hydroxylation is 1. The third-order valence-electron chi connectivity index (χ3n) is 6.50. The number of amides is 2. The zero-order valence-electron chi connectivity index (χ0n) is 23.9. The van der Waals surface area contributed by atoms with E-state index in [1.165, 1.54) is 37.3 Å². The van der Waals surface area contributed by atoms with E-state index < -0.39 is 28.5 Å². The quantitative estimate of drug-likeness (QED) is 0.283. The number of nitrogens with one attached hydrogen (secondary N) is 1. The van der Waals surface area contributed by atoms with Gasteiger partial charge in [0.2, 0.25) is 11.8 Å². The van der Waals surface area contributed by atoms with Crippen molar-refractivity contribution in [2.45, 2.75) is 44.7 Å². The van der Waals surface area contributed by atoms with Gasteiger partial charge < -0.3 is 19.7 Å². The number of ether oxygens (including phenoxy) is 2. The van der Waals surface area contributed by atoms with Crippen LogP contribution in [0.4, 0.5) is 5.69 Å². The average Bonchev–Trinajstić information content (AvgIpc) is 2.96. The molecule has 0 aliphatic carbocycles. The molecule has 0 saturated carbocycles. The van der Waals surface area contributed by atoms with Crippen LogP contribution in [0.5, 0.6) is 11.5 Å². The standard InChI is InChI=1S/C30H36BrN3O6S/c1-6-16-32-30(36)22(3)33(19-23-8-7-9-24(31)17-23)29(35)20-34(25-12-15-27(39-4)28(18-25)40-5)41(37,38)26-13-10-21(2)11-14-26/h7-15,17-18,22H,6,16,19-20H2,1-5H3,(H,32,36)/t22-/m1/s1. The highest BCUT2D eigenvalue weighted by molar-refractivity contribution is 9.10. The third kappa shape index (κ3) is 8.01. The number of methoxy groups -OCH3 is 2. The summed E-state index contributed by atoms with van der Waals surface area (Å²) < 4.78 is 40.6. The number of nitrogens with zero attached hydrogens (tertiary/aromatic N) is 2. The number of benzene rings is 3. The lowest BCUT2D eigenvalue weighted by atomic mass is 10.1. The predicted octanol–water partition coefficient (Wildman–Crippen LogP) is 4.91. The van der Waals surface area contributed by atoms with Crippen LogP contribution >= 0.6 is 15.9 Å². The maximum absolute atomic E-state index is 14.0. The second-order valence-corrected chi connectivity index (χ2v) is 12.3. The Morgan fingerprint density at radius 2 is 1.66 bits per heavy atom. The van der Waals surface area contributed by atoms with Crippen LogP contribution in [0.3, 0.4) is 0 Å². The molecule has 0 aliphatic heterocycles. The molecule has 3 rings (SSSR count). The monoisotopic (exact) mass is 645 g/mol. The van der Waals surface area contributed by atoms with E-state index in [1.54, 1.807) is 31.2 Å². The number of sulfonamides is 1. The zero-order chi connectivity index (χ0) is 30.2. The van der Waals surface area contributed by atoms with Crippen molar-refractivity contribution < 1.29 is 27.5 Å². The number of hydrogen-bond donors (Lipinski definition) is 1. The van der Waals surface area contributed by atoms with Crippen molar-refractivity contribution in [2.75, 3.05) is 31.6 Å². The minimum absolute atomic E-state index is 0.0259. The smallest absolute Gasteiger partial charge is 0.264 e. The van der Waals surface area contributed by atoms with E-state index in [0.29, 0.717) is 18.0 Å². The molecular formula is C30H36BrN3O6S. The summed E-state index contributed by atoms with van der Waals surface area (Å²) in [5.41, 5.74) is 1.88. The minimum atomic E-state index is -4.20. The molecule has 0 aliphatic rings. The van der Waals surface area contributed by atoms with Crippen LogP contribution in [0, 0.1) is 6.92 Å². The van der Waals surface area contributed by atoms with E-state index >= 15 is 0 Å². The summed E-state index contributed by atoms with van der Waals surface area (Å²) in [4.78, 5) is 28.4. The van der Waals surface area contributed by atoms with Gasteiger partial charge in [-0.15, -0.1) is 0 Å². The molecule has 1 atom stereocenters. The van der Waals surface area contributed by atoms with E-state index in [0.717, 1.165) is 26.3 Å². The van der Waals surface area contributed by atoms with Crippen molar-refractivity contribution >= 4 is 43.5 Å². The number of carbonyl (C=O) groups excluding carboxylic acids is 2. The number of hydrogen-bond acceptors (Lipinski definition) is 6. The van der Waals surface area contributed by atoms with Crippen molar-refractivity contribution in [3.05, 3.63) is 82.3 Å². The highest BCUT2D eigenvalue weighted by atomic mass is 79.9. The molecule has 0 bridgehead atoms. The van der Waals surface area contributed by atoms with Crippen LogP contribution in [0.2, 0.25) is 0 Å². The fourth-order valence-corrected chi connectivity index (χ4v) is 6.01. The van der Waals surface area contributed by atoms with Crippen LogP contribution in [0.25, 0.3) is 0 Å². The molecule has 0 aromatic heterocycles. The Balaban J connectivity index is 2.08. The molecule has 9 nitrogen and oxygen atoms in total. The lowest BCUT2D eigenvalue weighted by Gasteiger charge is -2.32. The molecule has 0 radical (unpaired) electrons. The van der Waals surface area contributed by atoms with Gasteiger partial charge in [0, 0.05) is 23.6 Å². The van der Waals surface area contributed by atoms with Gasteiger partial charge in [-0.25, -0.2) is 8.42 Å². The SMILES string of the molecule is CCCNC(=O)[C@@H](C)N(Cc1cccc(Br)c1)C(=O)CN(c1ccc(OC)c(OC)c1)S(=O)(=O)c1ccc(C)cc1. The molecule has 41 heavy (non-hydrogen) atoms. The number of halogens is 1. The van der Waals surface area contributed by atoms with Crippen molar-refractivity contribution in [2.24, 2.45) is 0 Å². The third-order valence-corrected chi connectivity index (χ3v) is 8.78. The second-order valence-electron chi connectivity index (χ2n) is 9.48. The predicted molar refractivity (Wildman–Crippen MR) is 163 cm³/mol. The Kier molecular flexibility index (Phi) is 11.2. The fraction of sp³-hybridized carbons (Fsp3) is 0.333. The molecule has 3 aromatic carbocycles. The number of rotatable bonds is 13. The van der Waals surface area contributed by atoms with Crippen molar-refractivity contribution in [3.63, 3.8) is 0 Å². The van der Waals surface area contributed by atoms with Gasteiger partial charge in [-0.3, -0.25) is 13.9 Å². The molecular weight excluding hydrogens is 610 g/mol. The number of anilines is 1. The lowest BCUT2D eigenvalue weighted by Crippen LogP contribution is -2.51. The Morgan fingerprint density at radius 3 is 2.27 bits per heavy atom. The minimum Gasteiger partial charge on any atom is -0.493 e. The normalized spacial score (nSPS) is 11.9. The van der Waals surface area contributed by atoms with E-state index in [4.69, 9.17) is 9.47 Å². The van der Waals surface area contributed by atoms with Crippen molar-refractivity contribution in [1.29, 1.82) is 0 Å². The van der Waals surface area contributed by atoms with Gasteiger partial charge in [-0.05, 0) is 62.2 Å². The van der Waals surface area contributed by atoms with Crippen LogP contribution in [-0.4, -0.2) is 58.5 Å². The topological polar surface area (TPSA) is 105 Å². The molecule has 11 heteroatoms. The van der Waals surface area contributed by atoms with Gasteiger partial charge >= 0.3 is 0 Å². The zero-order valence-corrected chi connectivity index (χ0v) is 26.3. The van der Waals surface area contributed by atoms with E-state index in [2.05, 4.69) is 21.2 Å². The molecule has 3 aromatic rings. The van der Waals surface area contributed by atoms with Gasteiger partial charge in [0.15, 0.2) is 11.5 Å². The second kappa shape index (κ2) is 14.4. The highest BCUT2D eigenvalue weighted by Crippen LogP contribution is 2.34. The van der Waals surface area contributed by atoms with Crippen molar-refractivity contribution in [1.82, 2.24) is 10.2 Å². The summed E-state index contributed by atoms with van der Waals surface area (Å²) >= 11 is 3.45. The molecule has 1 N–H and O–H groups in total. The Hall–Kier alpha value is -3.57. The molecule has 0 unspecified atom stereocenters. The van der Waals surface area contributed by atoms with E-state index in [1.807, 2.05) is 38.1 Å². The maximum Gasteiger partial charge on any atom is 0.264 e. The Labute approximate surface area is 250 Å². The van der Waals surface area contributed by atoms with Crippen LogP contribution in [0.1, 0.15) is 31.4 Å². The van der Waals surface area contributed by atoms with Crippen LogP contribution < -0.4 is 19.1 Å². The van der Waals surface area contributed by atoms with Crippen molar-refractivity contribution in [3.8, 4) is 11.5 Å². The van der Waals surface area contributed by atoms with Crippen LogP contribution in [-0.2, 0) is 26.2 Å². The van der Waals surface area contributed by atoms with E-state index in [9.17, 15) is 18.0 Å². The Morgan fingerprint density at radius 1 is 0.976 bits per heavy atom. The van der Waals surface area contributed by atoms with E-state index in [-0.39, 0.29) is 23.0 Å². The van der Waals surface area contributed by atoms with Gasteiger partial charge in [0.05, 0.1) is 24.8 Å². The largest absolute Gasteiger partial charge is 0.493 e. The summed E-state index contributed by atoms with van der Waals surface area (Å²) in [7, 11) is -1.28. The first-order valence-electron chi connectivity index (χ1n) is 13.1. The molecule has 2 amide bonds. The molecule has 0 heterocycles.